The van der Waals surface area contributed by atoms with Crippen LogP contribution in [0.5, 0.6) is 0 Å². The molecule has 1 rings (SSSR count). The van der Waals surface area contributed by atoms with Gasteiger partial charge < -0.3 is 5.11 Å². The predicted molar refractivity (Wildman–Crippen MR) is 47.8 cm³/mol. The predicted octanol–water partition coefficient (Wildman–Crippen LogP) is 1.76. The van der Waals surface area contributed by atoms with E-state index in [2.05, 4.69) is 0 Å². The van der Waals surface area contributed by atoms with Crippen LogP contribution < -0.4 is 0 Å². The fourth-order valence-corrected chi connectivity index (χ4v) is 2.11. The second-order valence-corrected chi connectivity index (χ2v) is 4.66. The van der Waals surface area contributed by atoms with Gasteiger partial charge >= 0.3 is 0 Å². The molecule has 1 N–H and O–H groups in total. The van der Waals surface area contributed by atoms with Crippen molar-refractivity contribution >= 4 is 5.78 Å². The van der Waals surface area contributed by atoms with Gasteiger partial charge in [-0.1, -0.05) is 20.8 Å². The highest BCUT2D eigenvalue weighted by Crippen LogP contribution is 2.52. The van der Waals surface area contributed by atoms with Gasteiger partial charge in [0.05, 0.1) is 6.10 Å². The quantitative estimate of drug-likeness (QED) is 0.651. The molecular formula is C10H18O2. The molecule has 0 spiro atoms. The molecule has 1 aliphatic rings. The van der Waals surface area contributed by atoms with Crippen LogP contribution in [0.15, 0.2) is 0 Å². The van der Waals surface area contributed by atoms with E-state index in [0.29, 0.717) is 0 Å². The van der Waals surface area contributed by atoms with E-state index in [1.807, 2.05) is 20.8 Å². The lowest BCUT2D eigenvalue weighted by Crippen LogP contribution is -2.41. The summed E-state index contributed by atoms with van der Waals surface area (Å²) < 4.78 is 0. The van der Waals surface area contributed by atoms with Gasteiger partial charge in [0.1, 0.15) is 5.78 Å². The number of ketones is 1. The molecule has 0 heterocycles. The zero-order valence-electron chi connectivity index (χ0n) is 8.35. The summed E-state index contributed by atoms with van der Waals surface area (Å²) >= 11 is 0. The Morgan fingerprint density at radius 3 is 2.08 bits per heavy atom. The van der Waals surface area contributed by atoms with E-state index in [1.54, 1.807) is 6.92 Å². The SMILES string of the molecule is CC(=O)C1(C)CCC(O)C1(C)C. The molecule has 1 fully saturated rings. The maximum atomic E-state index is 11.4. The number of hydrogen-bond acceptors (Lipinski definition) is 2. The van der Waals surface area contributed by atoms with E-state index in [9.17, 15) is 9.90 Å². The Balaban J connectivity index is 3.01. The van der Waals surface area contributed by atoms with E-state index in [4.69, 9.17) is 0 Å². The summed E-state index contributed by atoms with van der Waals surface area (Å²) in [6.07, 6.45) is 1.24. The Bertz CT molecular complexity index is 208. The van der Waals surface area contributed by atoms with Crippen LogP contribution in [0.1, 0.15) is 40.5 Å². The van der Waals surface area contributed by atoms with Crippen LogP contribution in [-0.2, 0) is 4.79 Å². The maximum absolute atomic E-state index is 11.4. The molecule has 2 atom stereocenters. The molecule has 12 heavy (non-hydrogen) atoms. The summed E-state index contributed by atoms with van der Waals surface area (Å²) in [7, 11) is 0. The van der Waals surface area contributed by atoms with Crippen LogP contribution in [0.2, 0.25) is 0 Å². The summed E-state index contributed by atoms with van der Waals surface area (Å²) in [6, 6.07) is 0. The highest BCUT2D eigenvalue weighted by molar-refractivity contribution is 5.83. The van der Waals surface area contributed by atoms with E-state index in [1.165, 1.54) is 0 Å². The second kappa shape index (κ2) is 2.56. The summed E-state index contributed by atoms with van der Waals surface area (Å²) in [5.74, 6) is 0.198. The minimum atomic E-state index is -0.327. The van der Waals surface area contributed by atoms with Crippen LogP contribution >= 0.6 is 0 Å². The Hall–Kier alpha value is -0.370. The first-order valence-electron chi connectivity index (χ1n) is 4.51. The van der Waals surface area contributed by atoms with Crippen LogP contribution in [0.3, 0.4) is 0 Å². The topological polar surface area (TPSA) is 37.3 Å². The molecule has 0 aromatic heterocycles. The number of rotatable bonds is 1. The lowest BCUT2D eigenvalue weighted by molar-refractivity contribution is -0.132. The number of aliphatic hydroxyl groups is 1. The third kappa shape index (κ3) is 1.01. The normalized spacial score (nSPS) is 39.9. The van der Waals surface area contributed by atoms with Crippen molar-refractivity contribution in [2.24, 2.45) is 10.8 Å². The standard InChI is InChI=1S/C10H18O2/c1-7(11)10(4)6-5-8(12)9(10,2)3/h8,12H,5-6H2,1-4H3. The van der Waals surface area contributed by atoms with Crippen LogP contribution in [0, 0.1) is 10.8 Å². The molecule has 0 aromatic rings. The summed E-state index contributed by atoms with van der Waals surface area (Å²) in [6.45, 7) is 7.55. The number of Topliss-reactive ketones (excluding diaryl/α,β-unsaturated/α-hetero) is 1. The Morgan fingerprint density at radius 2 is 1.92 bits per heavy atom. The van der Waals surface area contributed by atoms with Gasteiger partial charge in [0.2, 0.25) is 0 Å². The molecule has 2 nitrogen and oxygen atoms in total. The monoisotopic (exact) mass is 170 g/mol. The third-order valence-corrected chi connectivity index (χ3v) is 3.95. The van der Waals surface area contributed by atoms with Crippen molar-refractivity contribution in [2.45, 2.75) is 46.6 Å². The average Bonchev–Trinajstić information content (AvgIpc) is 2.15. The molecule has 70 valence electrons. The molecule has 0 amide bonds. The van der Waals surface area contributed by atoms with Crippen molar-refractivity contribution in [2.75, 3.05) is 0 Å². The zero-order chi connectivity index (χ0) is 9.57. The minimum Gasteiger partial charge on any atom is -0.393 e. The van der Waals surface area contributed by atoms with Gasteiger partial charge in [0.25, 0.3) is 0 Å². The van der Waals surface area contributed by atoms with Crippen LogP contribution in [0.4, 0.5) is 0 Å². The van der Waals surface area contributed by atoms with Crippen molar-refractivity contribution in [1.82, 2.24) is 0 Å². The smallest absolute Gasteiger partial charge is 0.136 e. The number of carbonyl (C=O) groups excluding carboxylic acids is 1. The molecule has 1 saturated carbocycles. The van der Waals surface area contributed by atoms with E-state index >= 15 is 0 Å². The Morgan fingerprint density at radius 1 is 1.42 bits per heavy atom. The lowest BCUT2D eigenvalue weighted by atomic mass is 9.66. The molecule has 0 bridgehead atoms. The van der Waals surface area contributed by atoms with Gasteiger partial charge in [0, 0.05) is 10.8 Å². The molecular weight excluding hydrogens is 152 g/mol. The molecule has 0 radical (unpaired) electrons. The first-order valence-corrected chi connectivity index (χ1v) is 4.51. The highest BCUT2D eigenvalue weighted by atomic mass is 16.3. The molecule has 0 aromatic carbocycles. The van der Waals surface area contributed by atoms with Crippen molar-refractivity contribution < 1.29 is 9.90 Å². The first-order chi connectivity index (χ1) is 5.32. The Kier molecular flexibility index (Phi) is 2.07. The van der Waals surface area contributed by atoms with Gasteiger partial charge in [-0.3, -0.25) is 4.79 Å². The fraction of sp³-hybridized carbons (Fsp3) is 0.900. The van der Waals surface area contributed by atoms with Crippen molar-refractivity contribution in [3.8, 4) is 0 Å². The molecule has 0 aliphatic heterocycles. The van der Waals surface area contributed by atoms with Gasteiger partial charge in [-0.05, 0) is 19.8 Å². The molecule has 2 heteroatoms. The number of aliphatic hydroxyl groups excluding tert-OH is 1. The van der Waals surface area contributed by atoms with Crippen molar-refractivity contribution in [3.05, 3.63) is 0 Å². The van der Waals surface area contributed by atoms with Gasteiger partial charge in [-0.2, -0.15) is 0 Å². The zero-order valence-corrected chi connectivity index (χ0v) is 8.35. The van der Waals surface area contributed by atoms with Gasteiger partial charge in [-0.15, -0.1) is 0 Å². The highest BCUT2D eigenvalue weighted by Gasteiger charge is 2.53. The number of carbonyl (C=O) groups is 1. The maximum Gasteiger partial charge on any atom is 0.136 e. The Labute approximate surface area is 74.0 Å². The van der Waals surface area contributed by atoms with Crippen LogP contribution in [0.25, 0.3) is 0 Å². The minimum absolute atomic E-state index is 0.198. The molecule has 2 unspecified atom stereocenters. The van der Waals surface area contributed by atoms with Gasteiger partial charge in [-0.25, -0.2) is 0 Å². The van der Waals surface area contributed by atoms with E-state index in [-0.39, 0.29) is 22.7 Å². The summed E-state index contributed by atoms with van der Waals surface area (Å²) in [4.78, 5) is 11.4. The summed E-state index contributed by atoms with van der Waals surface area (Å²) in [5, 5.41) is 9.69. The fourth-order valence-electron chi connectivity index (χ4n) is 2.11. The van der Waals surface area contributed by atoms with Gasteiger partial charge in [0.15, 0.2) is 0 Å². The first kappa shape index (κ1) is 9.72. The number of hydrogen-bond donors (Lipinski definition) is 1. The largest absolute Gasteiger partial charge is 0.393 e. The van der Waals surface area contributed by atoms with Crippen molar-refractivity contribution in [1.29, 1.82) is 0 Å². The molecule has 1 aliphatic carbocycles. The third-order valence-electron chi connectivity index (χ3n) is 3.95. The van der Waals surface area contributed by atoms with Crippen molar-refractivity contribution in [3.63, 3.8) is 0 Å². The molecule has 0 saturated heterocycles. The second-order valence-electron chi connectivity index (χ2n) is 4.66. The van der Waals surface area contributed by atoms with E-state index < -0.39 is 0 Å². The summed E-state index contributed by atoms with van der Waals surface area (Å²) in [5.41, 5.74) is -0.592. The van der Waals surface area contributed by atoms with Crippen LogP contribution in [-0.4, -0.2) is 17.0 Å². The lowest BCUT2D eigenvalue weighted by Gasteiger charge is -2.37. The van der Waals surface area contributed by atoms with E-state index in [0.717, 1.165) is 12.8 Å². The average molecular weight is 170 g/mol.